The fraction of sp³-hybridized carbons (Fsp3) is 0.409. The molecule has 1 aliphatic heterocycles. The molecule has 2 aromatic rings. The molecule has 0 bridgehead atoms. The fourth-order valence-corrected chi connectivity index (χ4v) is 5.53. The Morgan fingerprint density at radius 2 is 2.10 bits per heavy atom. The van der Waals surface area contributed by atoms with Crippen molar-refractivity contribution in [1.82, 2.24) is 0 Å². The van der Waals surface area contributed by atoms with Gasteiger partial charge in [0.15, 0.2) is 0 Å². The highest BCUT2D eigenvalue weighted by atomic mass is 35.5. The minimum atomic E-state index is -0.592. The van der Waals surface area contributed by atoms with Crippen LogP contribution in [0.1, 0.15) is 47.0 Å². The number of hydrogen-bond donors (Lipinski definition) is 1. The highest BCUT2D eigenvalue weighted by Crippen LogP contribution is 2.39. The fourth-order valence-electron chi connectivity index (χ4n) is 4.07. The minimum absolute atomic E-state index is 0.0284. The molecule has 0 saturated carbocycles. The van der Waals surface area contributed by atoms with E-state index < -0.39 is 17.7 Å². The van der Waals surface area contributed by atoms with E-state index in [1.54, 1.807) is 6.92 Å². The van der Waals surface area contributed by atoms with Gasteiger partial charge in [-0.3, -0.25) is 9.59 Å². The molecule has 6 nitrogen and oxygen atoms in total. The Hall–Kier alpha value is -2.45. The van der Waals surface area contributed by atoms with Crippen LogP contribution in [-0.4, -0.2) is 30.9 Å². The number of halogens is 2. The molecule has 2 amide bonds. The van der Waals surface area contributed by atoms with E-state index in [-0.39, 0.29) is 36.4 Å². The number of hydrogen-bond acceptors (Lipinski definition) is 5. The molecule has 1 aliphatic carbocycles. The van der Waals surface area contributed by atoms with Crippen LogP contribution in [0.25, 0.3) is 0 Å². The molecule has 9 heteroatoms. The van der Waals surface area contributed by atoms with Gasteiger partial charge in [0, 0.05) is 23.5 Å². The number of aryl methyl sites for hydroxylation is 1. The van der Waals surface area contributed by atoms with Crippen LogP contribution in [0.2, 0.25) is 5.02 Å². The van der Waals surface area contributed by atoms with E-state index in [4.69, 9.17) is 16.3 Å². The Morgan fingerprint density at radius 1 is 1.32 bits per heavy atom. The SMILES string of the molecule is CCOC(=O)c1c(NC(=O)C2CC(=O)N(c3ccc(F)c(Cl)c3)C2)sc2c1CCCC2. The van der Waals surface area contributed by atoms with Crippen molar-refractivity contribution in [3.63, 3.8) is 0 Å². The van der Waals surface area contributed by atoms with E-state index in [0.717, 1.165) is 36.1 Å². The summed E-state index contributed by atoms with van der Waals surface area (Å²) in [7, 11) is 0. The maximum Gasteiger partial charge on any atom is 0.341 e. The summed E-state index contributed by atoms with van der Waals surface area (Å²) in [4.78, 5) is 40.6. The van der Waals surface area contributed by atoms with Gasteiger partial charge in [0.25, 0.3) is 0 Å². The van der Waals surface area contributed by atoms with Gasteiger partial charge in [-0.15, -0.1) is 11.3 Å². The van der Waals surface area contributed by atoms with Crippen molar-refractivity contribution in [2.24, 2.45) is 5.92 Å². The summed E-state index contributed by atoms with van der Waals surface area (Å²) in [6, 6.07) is 4.03. The van der Waals surface area contributed by atoms with Crippen LogP contribution < -0.4 is 10.2 Å². The molecule has 0 spiro atoms. The second-order valence-corrected chi connectivity index (χ2v) is 9.14. The minimum Gasteiger partial charge on any atom is -0.462 e. The van der Waals surface area contributed by atoms with Crippen LogP contribution in [0, 0.1) is 11.7 Å². The maximum atomic E-state index is 13.4. The molecule has 1 unspecified atom stereocenters. The average molecular weight is 465 g/mol. The van der Waals surface area contributed by atoms with Gasteiger partial charge >= 0.3 is 5.97 Å². The molecule has 1 N–H and O–H groups in total. The summed E-state index contributed by atoms with van der Waals surface area (Å²) < 4.78 is 18.7. The smallest absolute Gasteiger partial charge is 0.341 e. The lowest BCUT2D eigenvalue weighted by atomic mass is 9.95. The van der Waals surface area contributed by atoms with Crippen LogP contribution >= 0.6 is 22.9 Å². The van der Waals surface area contributed by atoms with Gasteiger partial charge in [-0.25, -0.2) is 9.18 Å². The molecule has 1 saturated heterocycles. The Morgan fingerprint density at radius 3 is 2.84 bits per heavy atom. The standard InChI is InChI=1S/C22H22ClFN2O4S/c1-2-30-22(29)19-14-5-3-4-6-17(14)31-21(19)25-20(28)12-9-18(27)26(11-12)13-7-8-16(24)15(23)10-13/h7-8,10,12H,2-6,9,11H2,1H3,(H,25,28). The van der Waals surface area contributed by atoms with Crippen molar-refractivity contribution >= 4 is 51.4 Å². The van der Waals surface area contributed by atoms with E-state index >= 15 is 0 Å². The number of ether oxygens (including phenoxy) is 1. The van der Waals surface area contributed by atoms with Crippen LogP contribution in [0.5, 0.6) is 0 Å². The van der Waals surface area contributed by atoms with Crippen molar-refractivity contribution in [2.45, 2.75) is 39.0 Å². The number of thiophene rings is 1. The quantitative estimate of drug-likeness (QED) is 0.657. The molecule has 1 atom stereocenters. The Kier molecular flexibility index (Phi) is 6.29. The number of anilines is 2. The number of rotatable bonds is 5. The van der Waals surface area contributed by atoms with Gasteiger partial charge in [0.05, 0.1) is 23.1 Å². The number of nitrogens with one attached hydrogen (secondary N) is 1. The highest BCUT2D eigenvalue weighted by Gasteiger charge is 2.36. The number of amides is 2. The Labute approximate surface area is 188 Å². The third-order valence-electron chi connectivity index (χ3n) is 5.60. The van der Waals surface area contributed by atoms with E-state index in [0.29, 0.717) is 16.3 Å². The molecule has 31 heavy (non-hydrogen) atoms. The van der Waals surface area contributed by atoms with Gasteiger partial charge in [-0.05, 0) is 56.4 Å². The van der Waals surface area contributed by atoms with Gasteiger partial charge in [0.1, 0.15) is 10.8 Å². The van der Waals surface area contributed by atoms with Gasteiger partial charge in [-0.2, -0.15) is 0 Å². The summed E-state index contributed by atoms with van der Waals surface area (Å²) in [6.07, 6.45) is 3.74. The molecule has 1 aromatic heterocycles. The normalized spacial score (nSPS) is 18.1. The second kappa shape index (κ2) is 8.96. The van der Waals surface area contributed by atoms with Crippen molar-refractivity contribution in [2.75, 3.05) is 23.4 Å². The third-order valence-corrected chi connectivity index (χ3v) is 7.10. The third kappa shape index (κ3) is 4.32. The largest absolute Gasteiger partial charge is 0.462 e. The van der Waals surface area contributed by atoms with Crippen molar-refractivity contribution in [3.05, 3.63) is 45.0 Å². The first kappa shape index (κ1) is 21.8. The molecule has 164 valence electrons. The Balaban J connectivity index is 1.53. The number of esters is 1. The first-order valence-electron chi connectivity index (χ1n) is 10.3. The zero-order valence-electron chi connectivity index (χ0n) is 17.0. The maximum absolute atomic E-state index is 13.4. The van der Waals surface area contributed by atoms with Crippen LogP contribution in [0.4, 0.5) is 15.1 Å². The van der Waals surface area contributed by atoms with Crippen LogP contribution in [0.3, 0.4) is 0 Å². The second-order valence-electron chi connectivity index (χ2n) is 7.63. The highest BCUT2D eigenvalue weighted by molar-refractivity contribution is 7.17. The number of carbonyl (C=O) groups is 3. The molecule has 1 fully saturated rings. The summed E-state index contributed by atoms with van der Waals surface area (Å²) in [5, 5.41) is 3.29. The lowest BCUT2D eigenvalue weighted by Crippen LogP contribution is -2.28. The number of fused-ring (bicyclic) bond motifs is 1. The summed E-state index contributed by atoms with van der Waals surface area (Å²) >= 11 is 7.25. The van der Waals surface area contributed by atoms with Crippen molar-refractivity contribution in [3.8, 4) is 0 Å². The molecule has 4 rings (SSSR count). The number of benzene rings is 1. The van der Waals surface area contributed by atoms with E-state index in [2.05, 4.69) is 5.32 Å². The van der Waals surface area contributed by atoms with E-state index in [1.807, 2.05) is 0 Å². The summed E-state index contributed by atoms with van der Waals surface area (Å²) in [5.74, 6) is -2.15. The monoisotopic (exact) mass is 464 g/mol. The lowest BCUT2D eigenvalue weighted by molar-refractivity contribution is -0.122. The first-order chi connectivity index (χ1) is 14.9. The Bertz CT molecular complexity index is 1050. The lowest BCUT2D eigenvalue weighted by Gasteiger charge is -2.17. The summed E-state index contributed by atoms with van der Waals surface area (Å²) in [5.41, 5.74) is 1.86. The average Bonchev–Trinajstić information content (AvgIpc) is 3.30. The van der Waals surface area contributed by atoms with Crippen molar-refractivity contribution in [1.29, 1.82) is 0 Å². The zero-order valence-corrected chi connectivity index (χ0v) is 18.6. The predicted octanol–water partition coefficient (Wildman–Crippen LogP) is 4.59. The van der Waals surface area contributed by atoms with E-state index in [9.17, 15) is 18.8 Å². The molecule has 2 heterocycles. The summed E-state index contributed by atoms with van der Waals surface area (Å²) in [6.45, 7) is 2.16. The predicted molar refractivity (Wildman–Crippen MR) is 117 cm³/mol. The molecular weight excluding hydrogens is 443 g/mol. The van der Waals surface area contributed by atoms with Gasteiger partial charge in [0.2, 0.25) is 11.8 Å². The molecule has 0 radical (unpaired) electrons. The number of carbonyl (C=O) groups excluding carboxylic acids is 3. The van der Waals surface area contributed by atoms with Crippen molar-refractivity contribution < 1.29 is 23.5 Å². The number of nitrogens with zero attached hydrogens (tertiary/aromatic N) is 1. The zero-order chi connectivity index (χ0) is 22.1. The van der Waals surface area contributed by atoms with Gasteiger partial charge in [-0.1, -0.05) is 11.6 Å². The first-order valence-corrected chi connectivity index (χ1v) is 11.5. The van der Waals surface area contributed by atoms with E-state index in [1.165, 1.54) is 34.4 Å². The topological polar surface area (TPSA) is 75.7 Å². The van der Waals surface area contributed by atoms with Crippen LogP contribution in [0.15, 0.2) is 18.2 Å². The molecule has 1 aromatic carbocycles. The van der Waals surface area contributed by atoms with Gasteiger partial charge < -0.3 is 15.0 Å². The molecular formula is C22H22ClFN2O4S. The van der Waals surface area contributed by atoms with Crippen LogP contribution in [-0.2, 0) is 27.2 Å². The molecule has 2 aliphatic rings.